The molecule has 1 aliphatic rings. The van der Waals surface area contributed by atoms with Crippen molar-refractivity contribution in [3.8, 4) is 0 Å². The normalized spacial score (nSPS) is 21.3. The summed E-state index contributed by atoms with van der Waals surface area (Å²) >= 11 is 0. The molecule has 0 heterocycles. The van der Waals surface area contributed by atoms with Gasteiger partial charge in [0.05, 0.1) is 6.67 Å². The van der Waals surface area contributed by atoms with E-state index < -0.39 is 0 Å². The van der Waals surface area contributed by atoms with Crippen LogP contribution in [0.2, 0.25) is 0 Å². The highest BCUT2D eigenvalue weighted by Crippen LogP contribution is 2.29. The van der Waals surface area contributed by atoms with E-state index in [-0.39, 0.29) is 6.67 Å². The molecule has 1 N–H and O–H groups in total. The third-order valence-electron chi connectivity index (χ3n) is 2.63. The molecule has 1 rings (SSSR count). The van der Waals surface area contributed by atoms with E-state index in [1.165, 1.54) is 19.3 Å². The highest BCUT2D eigenvalue weighted by atomic mass is 19.1. The Labute approximate surface area is 68.4 Å². The largest absolute Gasteiger partial charge is 0.314 e. The van der Waals surface area contributed by atoms with Crippen LogP contribution in [0, 0.1) is 5.92 Å². The molecule has 1 fully saturated rings. The van der Waals surface area contributed by atoms with Gasteiger partial charge in [-0.1, -0.05) is 6.42 Å². The molecule has 66 valence electrons. The summed E-state index contributed by atoms with van der Waals surface area (Å²) in [5, 5.41) is 3.35. The van der Waals surface area contributed by atoms with Crippen LogP contribution in [0.15, 0.2) is 0 Å². The molecule has 2 heteroatoms. The molecule has 0 aromatic heterocycles. The van der Waals surface area contributed by atoms with Gasteiger partial charge in [-0.05, 0) is 38.6 Å². The van der Waals surface area contributed by atoms with Crippen molar-refractivity contribution in [2.24, 2.45) is 5.92 Å². The summed E-state index contributed by atoms with van der Waals surface area (Å²) in [7, 11) is 0. The van der Waals surface area contributed by atoms with Crippen LogP contribution in [-0.2, 0) is 0 Å². The zero-order valence-corrected chi connectivity index (χ0v) is 7.28. The van der Waals surface area contributed by atoms with Crippen LogP contribution in [0.1, 0.15) is 32.6 Å². The molecule has 0 aromatic rings. The number of alkyl halides is 1. The Balaban J connectivity index is 1.96. The van der Waals surface area contributed by atoms with Gasteiger partial charge in [-0.2, -0.15) is 0 Å². The second-order valence-corrected chi connectivity index (χ2v) is 3.48. The molecule has 1 saturated carbocycles. The van der Waals surface area contributed by atoms with Gasteiger partial charge >= 0.3 is 0 Å². The van der Waals surface area contributed by atoms with E-state index in [0.29, 0.717) is 12.5 Å². The van der Waals surface area contributed by atoms with Crippen molar-refractivity contribution in [3.63, 3.8) is 0 Å². The molecule has 0 saturated heterocycles. The molecular formula is C9H18FN. The second kappa shape index (κ2) is 4.70. The molecule has 1 atom stereocenters. The number of hydrogen-bond acceptors (Lipinski definition) is 1. The minimum absolute atomic E-state index is 0.190. The maximum Gasteiger partial charge on any atom is 0.0906 e. The standard InChI is InChI=1S/C9H18FN/c1-8(9-4-2-5-9)11-7-3-6-10/h8-9,11H,2-7H2,1H3. The van der Waals surface area contributed by atoms with E-state index in [0.717, 1.165) is 12.5 Å². The van der Waals surface area contributed by atoms with E-state index in [1.54, 1.807) is 0 Å². The van der Waals surface area contributed by atoms with Crippen LogP contribution >= 0.6 is 0 Å². The summed E-state index contributed by atoms with van der Waals surface area (Å²) in [6.07, 6.45) is 4.78. The van der Waals surface area contributed by atoms with Crippen LogP contribution in [-0.4, -0.2) is 19.3 Å². The summed E-state index contributed by atoms with van der Waals surface area (Å²) in [5.74, 6) is 0.870. The maximum atomic E-state index is 11.7. The average Bonchev–Trinajstić information content (AvgIpc) is 1.84. The van der Waals surface area contributed by atoms with E-state index in [2.05, 4.69) is 12.2 Å². The van der Waals surface area contributed by atoms with Gasteiger partial charge in [0, 0.05) is 6.04 Å². The lowest BCUT2D eigenvalue weighted by molar-refractivity contribution is 0.239. The molecular weight excluding hydrogens is 141 g/mol. The Bertz CT molecular complexity index is 102. The molecule has 1 aliphatic carbocycles. The van der Waals surface area contributed by atoms with Crippen molar-refractivity contribution in [1.82, 2.24) is 5.32 Å². The number of rotatable bonds is 5. The van der Waals surface area contributed by atoms with Gasteiger partial charge in [-0.25, -0.2) is 0 Å². The van der Waals surface area contributed by atoms with Crippen molar-refractivity contribution in [3.05, 3.63) is 0 Å². The van der Waals surface area contributed by atoms with Crippen molar-refractivity contribution in [1.29, 1.82) is 0 Å². The number of halogens is 1. The summed E-state index contributed by atoms with van der Waals surface area (Å²) in [6.45, 7) is 2.86. The maximum absolute atomic E-state index is 11.7. The topological polar surface area (TPSA) is 12.0 Å². The van der Waals surface area contributed by atoms with Gasteiger partial charge < -0.3 is 5.32 Å². The first-order chi connectivity index (χ1) is 5.34. The molecule has 0 radical (unpaired) electrons. The van der Waals surface area contributed by atoms with E-state index in [1.807, 2.05) is 0 Å². The molecule has 0 amide bonds. The first-order valence-corrected chi connectivity index (χ1v) is 4.64. The fourth-order valence-electron chi connectivity index (χ4n) is 1.50. The van der Waals surface area contributed by atoms with Gasteiger partial charge in [0.15, 0.2) is 0 Å². The van der Waals surface area contributed by atoms with Crippen molar-refractivity contribution >= 4 is 0 Å². The minimum Gasteiger partial charge on any atom is -0.314 e. The van der Waals surface area contributed by atoms with Crippen LogP contribution in [0.3, 0.4) is 0 Å². The number of nitrogens with one attached hydrogen (secondary N) is 1. The molecule has 0 spiro atoms. The Morgan fingerprint density at radius 2 is 2.27 bits per heavy atom. The quantitative estimate of drug-likeness (QED) is 0.606. The molecule has 11 heavy (non-hydrogen) atoms. The Hall–Kier alpha value is -0.110. The molecule has 1 unspecified atom stereocenters. The third kappa shape index (κ3) is 2.78. The lowest BCUT2D eigenvalue weighted by Crippen LogP contribution is -2.37. The van der Waals surface area contributed by atoms with E-state index >= 15 is 0 Å². The van der Waals surface area contributed by atoms with Gasteiger partial charge in [0.2, 0.25) is 0 Å². The predicted molar refractivity (Wildman–Crippen MR) is 45.4 cm³/mol. The number of hydrogen-bond donors (Lipinski definition) is 1. The molecule has 0 aliphatic heterocycles. The Morgan fingerprint density at radius 3 is 2.73 bits per heavy atom. The molecule has 0 bridgehead atoms. The molecule has 0 aromatic carbocycles. The van der Waals surface area contributed by atoms with Gasteiger partial charge in [0.25, 0.3) is 0 Å². The third-order valence-corrected chi connectivity index (χ3v) is 2.63. The highest BCUT2D eigenvalue weighted by molar-refractivity contribution is 4.79. The van der Waals surface area contributed by atoms with Crippen molar-refractivity contribution in [2.75, 3.05) is 13.2 Å². The lowest BCUT2D eigenvalue weighted by atomic mass is 9.80. The fraction of sp³-hybridized carbons (Fsp3) is 1.00. The minimum atomic E-state index is -0.190. The van der Waals surface area contributed by atoms with Gasteiger partial charge in [-0.3, -0.25) is 4.39 Å². The van der Waals surface area contributed by atoms with Crippen molar-refractivity contribution in [2.45, 2.75) is 38.6 Å². The monoisotopic (exact) mass is 159 g/mol. The molecule has 1 nitrogen and oxygen atoms in total. The average molecular weight is 159 g/mol. The zero-order valence-electron chi connectivity index (χ0n) is 7.28. The predicted octanol–water partition coefficient (Wildman–Crippen LogP) is 2.12. The summed E-state index contributed by atoms with van der Waals surface area (Å²) in [6, 6.07) is 0.607. The summed E-state index contributed by atoms with van der Waals surface area (Å²) in [4.78, 5) is 0. The first-order valence-electron chi connectivity index (χ1n) is 4.64. The Morgan fingerprint density at radius 1 is 1.55 bits per heavy atom. The smallest absolute Gasteiger partial charge is 0.0906 e. The first kappa shape index (κ1) is 8.98. The summed E-state index contributed by atoms with van der Waals surface area (Å²) < 4.78 is 11.7. The Kier molecular flexibility index (Phi) is 3.84. The van der Waals surface area contributed by atoms with Gasteiger partial charge in [0.1, 0.15) is 0 Å². The van der Waals surface area contributed by atoms with Crippen LogP contribution in [0.25, 0.3) is 0 Å². The van der Waals surface area contributed by atoms with Crippen LogP contribution in [0.4, 0.5) is 4.39 Å². The fourth-order valence-corrected chi connectivity index (χ4v) is 1.50. The SMILES string of the molecule is CC(NCCCF)C1CCC1. The highest BCUT2D eigenvalue weighted by Gasteiger charge is 2.22. The van der Waals surface area contributed by atoms with Crippen LogP contribution in [0.5, 0.6) is 0 Å². The van der Waals surface area contributed by atoms with Crippen LogP contribution < -0.4 is 5.32 Å². The zero-order chi connectivity index (χ0) is 8.10. The van der Waals surface area contributed by atoms with E-state index in [4.69, 9.17) is 0 Å². The summed E-state index contributed by atoms with van der Waals surface area (Å²) in [5.41, 5.74) is 0. The second-order valence-electron chi connectivity index (χ2n) is 3.48. The lowest BCUT2D eigenvalue weighted by Gasteiger charge is -2.32. The van der Waals surface area contributed by atoms with E-state index in [9.17, 15) is 4.39 Å². The van der Waals surface area contributed by atoms with Gasteiger partial charge in [-0.15, -0.1) is 0 Å². The van der Waals surface area contributed by atoms with Crippen molar-refractivity contribution < 1.29 is 4.39 Å².